The van der Waals surface area contributed by atoms with Gasteiger partial charge in [0.1, 0.15) is 6.10 Å². The lowest BCUT2D eigenvalue weighted by molar-refractivity contribution is -0.148. The highest BCUT2D eigenvalue weighted by Gasteiger charge is 2.53. The number of hydrogen-bond acceptors (Lipinski definition) is 5. The number of fused-ring (bicyclic) bond motifs is 1. The molecule has 0 aromatic rings. The SMILES string of the molecule is CC(=O)O[C@@H]1[C][C@@]2(O)[C@H](C)CC[C@@H]([C@H](C)CN3CCSCC3)[C@H]2C=C1C. The molecule has 1 N–H and O–H groups in total. The van der Waals surface area contributed by atoms with E-state index in [1.165, 1.54) is 31.5 Å². The van der Waals surface area contributed by atoms with Crippen molar-refractivity contribution in [2.45, 2.75) is 52.2 Å². The van der Waals surface area contributed by atoms with Crippen LogP contribution < -0.4 is 0 Å². The molecule has 6 atom stereocenters. The van der Waals surface area contributed by atoms with E-state index in [0.717, 1.165) is 25.0 Å². The average Bonchev–Trinajstić information content (AvgIpc) is 2.58. The number of hydrogen-bond donors (Lipinski definition) is 1. The van der Waals surface area contributed by atoms with Gasteiger partial charge in [0.25, 0.3) is 0 Å². The maximum absolute atomic E-state index is 11.5. The van der Waals surface area contributed by atoms with Crippen LogP contribution in [0.25, 0.3) is 0 Å². The third-order valence-electron chi connectivity index (χ3n) is 6.54. The maximum Gasteiger partial charge on any atom is 0.303 e. The second-order valence-electron chi connectivity index (χ2n) is 8.43. The van der Waals surface area contributed by atoms with Crippen LogP contribution in [0.1, 0.15) is 40.5 Å². The fourth-order valence-corrected chi connectivity index (χ4v) is 5.91. The Morgan fingerprint density at radius 1 is 1.46 bits per heavy atom. The first-order valence-electron chi connectivity index (χ1n) is 9.97. The standard InChI is InChI=1S/C21H33NO3S/c1-14-11-19-18(15(2)13-22-7-9-26-10-8-22)6-5-16(3)21(19,24)12-20(14)25-17(4)23/h11,15-16,18-20,24H,5-10,13H2,1-4H3/t15-,16-,18+,19-,20-,21-/m1/s1. The highest BCUT2D eigenvalue weighted by molar-refractivity contribution is 7.99. The van der Waals surface area contributed by atoms with Gasteiger partial charge in [-0.25, -0.2) is 0 Å². The number of rotatable bonds is 4. The molecule has 5 heteroatoms. The molecule has 1 saturated carbocycles. The molecule has 3 rings (SSSR count). The summed E-state index contributed by atoms with van der Waals surface area (Å²) in [6.07, 6.45) is 7.06. The molecule has 3 aliphatic rings. The van der Waals surface area contributed by atoms with Gasteiger partial charge in [0.2, 0.25) is 0 Å². The molecule has 0 aromatic heterocycles. The van der Waals surface area contributed by atoms with Crippen LogP contribution >= 0.6 is 11.8 Å². The van der Waals surface area contributed by atoms with Gasteiger partial charge < -0.3 is 14.7 Å². The molecule has 26 heavy (non-hydrogen) atoms. The Kier molecular flexibility index (Phi) is 6.41. The summed E-state index contributed by atoms with van der Waals surface area (Å²) in [7, 11) is 0. The third-order valence-corrected chi connectivity index (χ3v) is 7.48. The number of nitrogens with zero attached hydrogens (tertiary/aromatic N) is 1. The lowest BCUT2D eigenvalue weighted by atomic mass is 9.57. The van der Waals surface area contributed by atoms with E-state index in [0.29, 0.717) is 11.8 Å². The van der Waals surface area contributed by atoms with Gasteiger partial charge in [-0.15, -0.1) is 0 Å². The number of esters is 1. The number of thioether (sulfide) groups is 1. The minimum atomic E-state index is -1.01. The molecule has 0 spiro atoms. The number of aliphatic hydroxyl groups is 1. The van der Waals surface area contributed by atoms with Crippen LogP contribution in [0.4, 0.5) is 0 Å². The van der Waals surface area contributed by atoms with E-state index in [1.807, 2.05) is 18.7 Å². The van der Waals surface area contributed by atoms with Crippen LogP contribution in [-0.4, -0.2) is 58.8 Å². The van der Waals surface area contributed by atoms with Crippen molar-refractivity contribution >= 4 is 17.7 Å². The second-order valence-corrected chi connectivity index (χ2v) is 9.65. The van der Waals surface area contributed by atoms with E-state index in [2.05, 4.69) is 31.2 Å². The Bertz CT molecular complexity index is 545. The largest absolute Gasteiger partial charge is 0.457 e. The molecule has 1 aliphatic heterocycles. The van der Waals surface area contributed by atoms with E-state index < -0.39 is 11.7 Å². The van der Waals surface area contributed by atoms with Crippen molar-refractivity contribution in [3.05, 3.63) is 18.1 Å². The average molecular weight is 380 g/mol. The molecule has 2 radical (unpaired) electrons. The van der Waals surface area contributed by atoms with E-state index in [1.54, 1.807) is 0 Å². The Morgan fingerprint density at radius 3 is 2.81 bits per heavy atom. The van der Waals surface area contributed by atoms with Crippen molar-refractivity contribution in [3.63, 3.8) is 0 Å². The van der Waals surface area contributed by atoms with Crippen molar-refractivity contribution in [3.8, 4) is 0 Å². The molecule has 146 valence electrons. The molecule has 2 fully saturated rings. The van der Waals surface area contributed by atoms with Crippen molar-refractivity contribution in [1.82, 2.24) is 4.90 Å². The van der Waals surface area contributed by atoms with Crippen LogP contribution in [0.15, 0.2) is 11.6 Å². The number of ether oxygens (including phenoxy) is 1. The summed E-state index contributed by atoms with van der Waals surface area (Å²) in [6, 6.07) is 0. The van der Waals surface area contributed by atoms with Gasteiger partial charge in [-0.05, 0) is 43.1 Å². The van der Waals surface area contributed by atoms with Crippen molar-refractivity contribution in [2.24, 2.45) is 23.7 Å². The van der Waals surface area contributed by atoms with Crippen molar-refractivity contribution in [2.75, 3.05) is 31.1 Å². The quantitative estimate of drug-likeness (QED) is 0.601. The molecular formula is C21H33NO3S. The number of carbonyl (C=O) groups excluding carboxylic acids is 1. The molecule has 0 bridgehead atoms. The summed E-state index contributed by atoms with van der Waals surface area (Å²) in [6.45, 7) is 11.3. The van der Waals surface area contributed by atoms with Crippen LogP contribution in [0, 0.1) is 30.1 Å². The molecule has 0 aromatic carbocycles. The van der Waals surface area contributed by atoms with Crippen LogP contribution in [0.5, 0.6) is 0 Å². The monoisotopic (exact) mass is 379 g/mol. The first-order valence-corrected chi connectivity index (χ1v) is 11.1. The zero-order valence-electron chi connectivity index (χ0n) is 16.5. The predicted molar refractivity (Wildman–Crippen MR) is 106 cm³/mol. The van der Waals surface area contributed by atoms with Crippen molar-refractivity contribution in [1.29, 1.82) is 0 Å². The molecular weight excluding hydrogens is 346 g/mol. The summed E-state index contributed by atoms with van der Waals surface area (Å²) in [5.74, 6) is 3.29. The minimum Gasteiger partial charge on any atom is -0.457 e. The van der Waals surface area contributed by atoms with E-state index in [9.17, 15) is 9.90 Å². The zero-order chi connectivity index (χ0) is 18.9. The second kappa shape index (κ2) is 8.24. The topological polar surface area (TPSA) is 49.8 Å². The predicted octanol–water partition coefficient (Wildman–Crippen LogP) is 3.04. The van der Waals surface area contributed by atoms with Gasteiger partial charge in [0.05, 0.1) is 12.0 Å². The summed E-state index contributed by atoms with van der Waals surface area (Å²) in [5.41, 5.74) is -0.00953. The van der Waals surface area contributed by atoms with Gasteiger partial charge >= 0.3 is 5.97 Å². The van der Waals surface area contributed by atoms with E-state index >= 15 is 0 Å². The van der Waals surface area contributed by atoms with Crippen LogP contribution in [-0.2, 0) is 9.53 Å². The number of carbonyl (C=O) groups is 1. The zero-order valence-corrected chi connectivity index (χ0v) is 17.3. The summed E-state index contributed by atoms with van der Waals surface area (Å²) in [4.78, 5) is 14.0. The Labute approximate surface area is 162 Å². The Balaban J connectivity index is 1.77. The molecule has 2 aliphatic carbocycles. The third kappa shape index (κ3) is 4.15. The molecule has 1 heterocycles. The van der Waals surface area contributed by atoms with E-state index in [4.69, 9.17) is 4.74 Å². The highest BCUT2D eigenvalue weighted by Crippen LogP contribution is 2.50. The minimum absolute atomic E-state index is 0.0622. The normalized spacial score (nSPS) is 39.7. The fraction of sp³-hybridized carbons (Fsp3) is 0.810. The molecule has 4 nitrogen and oxygen atoms in total. The lowest BCUT2D eigenvalue weighted by Crippen LogP contribution is -2.56. The first-order chi connectivity index (χ1) is 12.3. The van der Waals surface area contributed by atoms with Gasteiger partial charge in [-0.1, -0.05) is 19.9 Å². The maximum atomic E-state index is 11.5. The summed E-state index contributed by atoms with van der Waals surface area (Å²) in [5, 5.41) is 11.5. The van der Waals surface area contributed by atoms with Gasteiger partial charge in [-0.3, -0.25) is 4.79 Å². The lowest BCUT2D eigenvalue weighted by Gasteiger charge is -2.52. The highest BCUT2D eigenvalue weighted by atomic mass is 32.2. The van der Waals surface area contributed by atoms with Gasteiger partial charge in [0.15, 0.2) is 0 Å². The molecule has 0 unspecified atom stereocenters. The summed E-state index contributed by atoms with van der Waals surface area (Å²) >= 11 is 2.04. The van der Waals surface area contributed by atoms with E-state index in [-0.39, 0.29) is 17.8 Å². The first kappa shape index (κ1) is 20.2. The smallest absolute Gasteiger partial charge is 0.303 e. The molecule has 1 saturated heterocycles. The Morgan fingerprint density at radius 2 is 2.15 bits per heavy atom. The van der Waals surface area contributed by atoms with Gasteiger partial charge in [0, 0.05) is 44.0 Å². The molecule has 0 amide bonds. The van der Waals surface area contributed by atoms with Crippen LogP contribution in [0.3, 0.4) is 0 Å². The van der Waals surface area contributed by atoms with Crippen LogP contribution in [0.2, 0.25) is 0 Å². The Hall–Kier alpha value is -0.520. The fourth-order valence-electron chi connectivity index (χ4n) is 4.93. The van der Waals surface area contributed by atoms with Crippen molar-refractivity contribution < 1.29 is 14.6 Å². The summed E-state index contributed by atoms with van der Waals surface area (Å²) < 4.78 is 5.39. The van der Waals surface area contributed by atoms with Gasteiger partial charge in [-0.2, -0.15) is 11.8 Å².